The van der Waals surface area contributed by atoms with Gasteiger partial charge in [0.05, 0.1) is 6.04 Å². The van der Waals surface area contributed by atoms with E-state index in [4.69, 9.17) is 14.3 Å². The molecule has 0 spiro atoms. The first kappa shape index (κ1) is 7.94. The zero-order chi connectivity index (χ0) is 9.05. The third-order valence-corrected chi connectivity index (χ3v) is 2.69. The predicted molar refractivity (Wildman–Crippen MR) is 44.8 cm³/mol. The Kier molecular flexibility index (Phi) is 1.42. The summed E-state index contributed by atoms with van der Waals surface area (Å²) in [6.07, 6.45) is 4.26. The quantitative estimate of drug-likeness (QED) is 0.550. The van der Waals surface area contributed by atoms with Gasteiger partial charge in [-0.2, -0.15) is 5.48 Å². The van der Waals surface area contributed by atoms with Crippen LogP contribution in [0.4, 0.5) is 0 Å². The third kappa shape index (κ3) is 1.07. The standard InChI is InChI=1S/C9H13NO3/c1-9(2)11-7-5-3-4-6(13-10-5)8(7)12-9/h3-8,10H,1-2H3/t5-,6+,7+,8-/m1/s1. The summed E-state index contributed by atoms with van der Waals surface area (Å²) in [7, 11) is 0. The molecule has 2 saturated heterocycles. The van der Waals surface area contributed by atoms with Crippen LogP contribution in [0.15, 0.2) is 12.2 Å². The second-order valence-electron chi connectivity index (χ2n) is 4.18. The normalized spacial score (nSPS) is 50.9. The molecule has 3 aliphatic heterocycles. The lowest BCUT2D eigenvalue weighted by Crippen LogP contribution is -2.58. The molecule has 3 heterocycles. The highest BCUT2D eigenvalue weighted by Crippen LogP contribution is 2.37. The van der Waals surface area contributed by atoms with Crippen molar-refractivity contribution in [1.82, 2.24) is 5.48 Å². The van der Waals surface area contributed by atoms with Crippen molar-refractivity contribution in [1.29, 1.82) is 0 Å². The molecule has 2 fully saturated rings. The van der Waals surface area contributed by atoms with Crippen LogP contribution in [0.2, 0.25) is 0 Å². The van der Waals surface area contributed by atoms with E-state index in [1.54, 1.807) is 0 Å². The number of hydrogen-bond donors (Lipinski definition) is 1. The lowest BCUT2D eigenvalue weighted by Gasteiger charge is -2.38. The van der Waals surface area contributed by atoms with E-state index in [0.29, 0.717) is 0 Å². The molecule has 1 aliphatic carbocycles. The van der Waals surface area contributed by atoms with E-state index in [0.717, 1.165) is 0 Å². The molecule has 1 N–H and O–H groups in total. The molecule has 4 nitrogen and oxygen atoms in total. The fraction of sp³-hybridized carbons (Fsp3) is 0.778. The Morgan fingerprint density at radius 2 is 1.92 bits per heavy atom. The first-order chi connectivity index (χ1) is 6.16. The van der Waals surface area contributed by atoms with Crippen LogP contribution in [0, 0.1) is 0 Å². The van der Waals surface area contributed by atoms with E-state index in [9.17, 15) is 0 Å². The highest BCUT2D eigenvalue weighted by Gasteiger charge is 2.52. The molecular weight excluding hydrogens is 170 g/mol. The van der Waals surface area contributed by atoms with E-state index in [2.05, 4.69) is 11.6 Å². The Balaban J connectivity index is 1.92. The van der Waals surface area contributed by atoms with Crippen LogP contribution in [0.1, 0.15) is 13.8 Å². The Hall–Kier alpha value is -0.420. The lowest BCUT2D eigenvalue weighted by molar-refractivity contribution is -0.154. The maximum atomic E-state index is 5.77. The van der Waals surface area contributed by atoms with Crippen molar-refractivity contribution >= 4 is 0 Å². The van der Waals surface area contributed by atoms with Crippen molar-refractivity contribution in [3.63, 3.8) is 0 Å². The average molecular weight is 183 g/mol. The maximum absolute atomic E-state index is 5.77. The second-order valence-corrected chi connectivity index (χ2v) is 4.18. The summed E-state index contributed by atoms with van der Waals surface area (Å²) in [5, 5.41) is 0. The SMILES string of the molecule is CC1(C)O[C@@H]2[C@H](O1)[C@@H]1C=C[C@H]2NO1. The number of rotatable bonds is 0. The van der Waals surface area contributed by atoms with Gasteiger partial charge in [-0.1, -0.05) is 12.2 Å². The van der Waals surface area contributed by atoms with E-state index in [1.807, 2.05) is 19.9 Å². The Morgan fingerprint density at radius 1 is 1.15 bits per heavy atom. The highest BCUT2D eigenvalue weighted by molar-refractivity contribution is 5.16. The van der Waals surface area contributed by atoms with Gasteiger partial charge in [-0.25, -0.2) is 0 Å². The molecule has 2 bridgehead atoms. The van der Waals surface area contributed by atoms with Crippen molar-refractivity contribution in [2.24, 2.45) is 0 Å². The molecule has 0 radical (unpaired) electrons. The topological polar surface area (TPSA) is 39.7 Å². The fourth-order valence-electron chi connectivity index (χ4n) is 2.17. The van der Waals surface area contributed by atoms with Gasteiger partial charge in [0, 0.05) is 0 Å². The fourth-order valence-corrected chi connectivity index (χ4v) is 2.17. The number of hydroxylamine groups is 1. The van der Waals surface area contributed by atoms with E-state index < -0.39 is 5.79 Å². The van der Waals surface area contributed by atoms with Crippen molar-refractivity contribution in [2.75, 3.05) is 0 Å². The molecule has 0 amide bonds. The molecule has 0 aromatic carbocycles. The van der Waals surface area contributed by atoms with Gasteiger partial charge < -0.3 is 9.47 Å². The minimum Gasteiger partial charge on any atom is -0.342 e. The molecule has 4 atom stereocenters. The van der Waals surface area contributed by atoms with Crippen LogP contribution in [0.3, 0.4) is 0 Å². The van der Waals surface area contributed by atoms with Crippen LogP contribution in [-0.4, -0.2) is 30.1 Å². The van der Waals surface area contributed by atoms with Gasteiger partial charge >= 0.3 is 0 Å². The molecule has 0 aromatic rings. The summed E-state index contributed by atoms with van der Waals surface area (Å²) in [4.78, 5) is 5.34. The summed E-state index contributed by atoms with van der Waals surface area (Å²) < 4.78 is 11.5. The average Bonchev–Trinajstić information content (AvgIpc) is 2.43. The second kappa shape index (κ2) is 2.33. The van der Waals surface area contributed by atoms with Gasteiger partial charge in [-0.3, -0.25) is 4.84 Å². The molecule has 4 heteroatoms. The summed E-state index contributed by atoms with van der Waals surface area (Å²) in [6.45, 7) is 3.87. The predicted octanol–water partition coefficient (Wildman–Crippen LogP) is 0.348. The van der Waals surface area contributed by atoms with Crippen LogP contribution in [-0.2, 0) is 14.3 Å². The van der Waals surface area contributed by atoms with Gasteiger partial charge in [0.15, 0.2) is 5.79 Å². The molecule has 72 valence electrons. The molecule has 13 heavy (non-hydrogen) atoms. The maximum Gasteiger partial charge on any atom is 0.164 e. The zero-order valence-corrected chi connectivity index (χ0v) is 7.69. The molecule has 4 rings (SSSR count). The lowest BCUT2D eigenvalue weighted by atomic mass is 9.93. The summed E-state index contributed by atoms with van der Waals surface area (Å²) >= 11 is 0. The largest absolute Gasteiger partial charge is 0.342 e. The first-order valence-corrected chi connectivity index (χ1v) is 4.61. The van der Waals surface area contributed by atoms with Gasteiger partial charge in [0.25, 0.3) is 0 Å². The Labute approximate surface area is 76.8 Å². The zero-order valence-electron chi connectivity index (χ0n) is 7.69. The van der Waals surface area contributed by atoms with E-state index in [-0.39, 0.29) is 24.4 Å². The summed E-state index contributed by atoms with van der Waals surface area (Å²) in [5.74, 6) is -0.479. The van der Waals surface area contributed by atoms with Crippen molar-refractivity contribution < 1.29 is 14.3 Å². The molecule has 4 aliphatic rings. The van der Waals surface area contributed by atoms with E-state index in [1.165, 1.54) is 0 Å². The van der Waals surface area contributed by atoms with Gasteiger partial charge in [-0.05, 0) is 13.8 Å². The minimum atomic E-state index is -0.479. The Bertz CT molecular complexity index is 240. The monoisotopic (exact) mass is 183 g/mol. The number of hydrogen-bond acceptors (Lipinski definition) is 4. The highest BCUT2D eigenvalue weighted by atomic mass is 16.8. The summed E-state index contributed by atoms with van der Waals surface area (Å²) in [5.41, 5.74) is 2.94. The number of fused-ring (bicyclic) bond motifs is 1. The molecule has 0 aromatic heterocycles. The van der Waals surface area contributed by atoms with Crippen LogP contribution < -0.4 is 5.48 Å². The molecule has 0 unspecified atom stereocenters. The Morgan fingerprint density at radius 3 is 2.54 bits per heavy atom. The van der Waals surface area contributed by atoms with Crippen molar-refractivity contribution in [3.05, 3.63) is 12.2 Å². The number of nitrogens with one attached hydrogen (secondary N) is 1. The van der Waals surface area contributed by atoms with Crippen LogP contribution in [0.25, 0.3) is 0 Å². The van der Waals surface area contributed by atoms with Crippen LogP contribution in [0.5, 0.6) is 0 Å². The van der Waals surface area contributed by atoms with E-state index >= 15 is 0 Å². The molecule has 0 saturated carbocycles. The minimum absolute atomic E-state index is 0.00299. The van der Waals surface area contributed by atoms with Crippen molar-refractivity contribution in [2.45, 2.75) is 44.0 Å². The van der Waals surface area contributed by atoms with Crippen LogP contribution >= 0.6 is 0 Å². The van der Waals surface area contributed by atoms with Crippen molar-refractivity contribution in [3.8, 4) is 0 Å². The third-order valence-electron chi connectivity index (χ3n) is 2.69. The first-order valence-electron chi connectivity index (χ1n) is 4.61. The van der Waals surface area contributed by atoms with Gasteiger partial charge in [0.1, 0.15) is 18.3 Å². The van der Waals surface area contributed by atoms with Gasteiger partial charge in [-0.15, -0.1) is 0 Å². The molecular formula is C9H13NO3. The van der Waals surface area contributed by atoms with Gasteiger partial charge in [0.2, 0.25) is 0 Å². The summed E-state index contributed by atoms with van der Waals surface area (Å²) in [6, 6.07) is 0.136. The number of ether oxygens (including phenoxy) is 2. The smallest absolute Gasteiger partial charge is 0.164 e.